The highest BCUT2D eigenvalue weighted by Crippen LogP contribution is 2.31. The molecule has 1 N–H and O–H groups in total. The van der Waals surface area contributed by atoms with E-state index in [1.165, 1.54) is 12.1 Å². The van der Waals surface area contributed by atoms with Crippen molar-refractivity contribution in [3.05, 3.63) is 51.3 Å². The Bertz CT molecular complexity index is 670. The molecule has 0 aliphatic carbocycles. The van der Waals surface area contributed by atoms with Crippen LogP contribution in [0.3, 0.4) is 0 Å². The van der Waals surface area contributed by atoms with Crippen LogP contribution in [-0.2, 0) is 13.6 Å². The topological polar surface area (TPSA) is 73.0 Å². The summed E-state index contributed by atoms with van der Waals surface area (Å²) in [4.78, 5) is 9.95. The molecule has 2 rings (SSSR count). The van der Waals surface area contributed by atoms with Gasteiger partial charge in [0.05, 0.1) is 10.6 Å². The van der Waals surface area contributed by atoms with Crippen LogP contribution in [0, 0.1) is 17.0 Å². The Morgan fingerprint density at radius 1 is 1.48 bits per heavy atom. The fourth-order valence-corrected chi connectivity index (χ4v) is 2.02. The van der Waals surface area contributed by atoms with Crippen LogP contribution in [-0.4, -0.2) is 14.7 Å². The van der Waals surface area contributed by atoms with Crippen molar-refractivity contribution >= 4 is 11.4 Å². The van der Waals surface area contributed by atoms with Gasteiger partial charge in [-0.2, -0.15) is 5.10 Å². The molecule has 21 heavy (non-hydrogen) atoms. The molecule has 0 spiro atoms. The SMILES string of the molecule is Cc1nn(C)cc1CNc1ccc([N+](=O)[O-])cc1C(F)F. The number of anilines is 1. The van der Waals surface area contributed by atoms with Crippen LogP contribution < -0.4 is 5.32 Å². The average molecular weight is 296 g/mol. The summed E-state index contributed by atoms with van der Waals surface area (Å²) in [6, 6.07) is 3.39. The van der Waals surface area contributed by atoms with Gasteiger partial charge in [-0.1, -0.05) is 0 Å². The normalized spacial score (nSPS) is 10.9. The molecule has 0 atom stereocenters. The van der Waals surface area contributed by atoms with Crippen LogP contribution in [0.2, 0.25) is 0 Å². The van der Waals surface area contributed by atoms with Crippen LogP contribution >= 0.6 is 0 Å². The summed E-state index contributed by atoms with van der Waals surface area (Å²) in [6.45, 7) is 2.14. The standard InChI is InChI=1S/C13H14F2N4O2/c1-8-9(7-18(2)17-8)6-16-12-4-3-10(19(20)21)5-11(12)13(14)15/h3-5,7,13,16H,6H2,1-2H3. The van der Waals surface area contributed by atoms with Crippen LogP contribution in [0.1, 0.15) is 23.2 Å². The van der Waals surface area contributed by atoms with Gasteiger partial charge >= 0.3 is 0 Å². The summed E-state index contributed by atoms with van der Waals surface area (Å²) in [5, 5.41) is 17.7. The quantitative estimate of drug-likeness (QED) is 0.679. The van der Waals surface area contributed by atoms with Crippen molar-refractivity contribution in [3.8, 4) is 0 Å². The van der Waals surface area contributed by atoms with Crippen molar-refractivity contribution in [1.29, 1.82) is 0 Å². The lowest BCUT2D eigenvalue weighted by molar-refractivity contribution is -0.385. The first-order valence-corrected chi connectivity index (χ1v) is 6.18. The molecule has 6 nitrogen and oxygen atoms in total. The number of hydrogen-bond acceptors (Lipinski definition) is 4. The molecular weight excluding hydrogens is 282 g/mol. The first-order valence-electron chi connectivity index (χ1n) is 6.18. The van der Waals surface area contributed by atoms with Crippen molar-refractivity contribution in [2.75, 3.05) is 5.32 Å². The van der Waals surface area contributed by atoms with E-state index < -0.39 is 11.3 Å². The number of hydrogen-bond donors (Lipinski definition) is 1. The van der Waals surface area contributed by atoms with Gasteiger partial charge in [-0.15, -0.1) is 0 Å². The lowest BCUT2D eigenvalue weighted by atomic mass is 10.1. The molecule has 1 heterocycles. The second kappa shape index (κ2) is 5.86. The van der Waals surface area contributed by atoms with E-state index >= 15 is 0 Å². The van der Waals surface area contributed by atoms with E-state index in [2.05, 4.69) is 10.4 Å². The highest BCUT2D eigenvalue weighted by molar-refractivity contribution is 5.56. The summed E-state index contributed by atoms with van der Waals surface area (Å²) in [5.41, 5.74) is 1.11. The lowest BCUT2D eigenvalue weighted by Crippen LogP contribution is -2.04. The maximum absolute atomic E-state index is 13.0. The first kappa shape index (κ1) is 14.9. The van der Waals surface area contributed by atoms with E-state index in [0.717, 1.165) is 17.3 Å². The van der Waals surface area contributed by atoms with Gasteiger partial charge in [0, 0.05) is 48.7 Å². The highest BCUT2D eigenvalue weighted by atomic mass is 19.3. The van der Waals surface area contributed by atoms with Crippen molar-refractivity contribution in [3.63, 3.8) is 0 Å². The van der Waals surface area contributed by atoms with Crippen molar-refractivity contribution in [1.82, 2.24) is 9.78 Å². The van der Waals surface area contributed by atoms with E-state index in [1.807, 2.05) is 6.92 Å². The van der Waals surface area contributed by atoms with E-state index in [1.54, 1.807) is 17.9 Å². The third-order valence-corrected chi connectivity index (χ3v) is 3.07. The molecule has 8 heteroatoms. The average Bonchev–Trinajstić information content (AvgIpc) is 2.74. The highest BCUT2D eigenvalue weighted by Gasteiger charge is 2.18. The van der Waals surface area contributed by atoms with Gasteiger partial charge in [0.25, 0.3) is 12.1 Å². The molecule has 0 amide bonds. The van der Waals surface area contributed by atoms with Gasteiger partial charge in [-0.25, -0.2) is 8.78 Å². The Hall–Kier alpha value is -2.51. The smallest absolute Gasteiger partial charge is 0.270 e. The summed E-state index contributed by atoms with van der Waals surface area (Å²) < 4.78 is 27.6. The minimum Gasteiger partial charge on any atom is -0.380 e. The number of alkyl halides is 2. The van der Waals surface area contributed by atoms with Gasteiger partial charge in [0.2, 0.25) is 0 Å². The predicted octanol–water partition coefficient (Wildman–Crippen LogP) is 3.19. The van der Waals surface area contributed by atoms with Gasteiger partial charge in [-0.3, -0.25) is 14.8 Å². The number of nitrogens with zero attached hydrogens (tertiary/aromatic N) is 3. The second-order valence-corrected chi connectivity index (χ2v) is 4.60. The largest absolute Gasteiger partial charge is 0.380 e. The van der Waals surface area contributed by atoms with Gasteiger partial charge in [-0.05, 0) is 13.0 Å². The molecule has 0 fully saturated rings. The number of nitro benzene ring substituents is 1. The van der Waals surface area contributed by atoms with Crippen molar-refractivity contribution < 1.29 is 13.7 Å². The van der Waals surface area contributed by atoms with Crippen LogP contribution in [0.25, 0.3) is 0 Å². The first-order chi connectivity index (χ1) is 9.88. The molecular formula is C13H14F2N4O2. The predicted molar refractivity (Wildman–Crippen MR) is 73.3 cm³/mol. The van der Waals surface area contributed by atoms with Crippen LogP contribution in [0.4, 0.5) is 20.2 Å². The number of aromatic nitrogens is 2. The zero-order chi connectivity index (χ0) is 15.6. The number of rotatable bonds is 5. The van der Waals surface area contributed by atoms with E-state index in [-0.39, 0.29) is 16.9 Å². The minimum absolute atomic E-state index is 0.179. The number of benzene rings is 1. The third-order valence-electron chi connectivity index (χ3n) is 3.07. The Morgan fingerprint density at radius 2 is 2.19 bits per heavy atom. The Kier molecular flexibility index (Phi) is 4.15. The molecule has 0 unspecified atom stereocenters. The zero-order valence-corrected chi connectivity index (χ0v) is 11.5. The van der Waals surface area contributed by atoms with Crippen molar-refractivity contribution in [2.45, 2.75) is 19.9 Å². The molecule has 1 aromatic heterocycles. The van der Waals surface area contributed by atoms with E-state index in [0.29, 0.717) is 6.54 Å². The monoisotopic (exact) mass is 296 g/mol. The number of nitrogens with one attached hydrogen (secondary N) is 1. The molecule has 0 radical (unpaired) electrons. The Balaban J connectivity index is 2.23. The summed E-state index contributed by atoms with van der Waals surface area (Å²) >= 11 is 0. The maximum Gasteiger partial charge on any atom is 0.270 e. The van der Waals surface area contributed by atoms with Gasteiger partial charge < -0.3 is 5.32 Å². The Morgan fingerprint density at radius 3 is 2.71 bits per heavy atom. The van der Waals surface area contributed by atoms with E-state index in [4.69, 9.17) is 0 Å². The summed E-state index contributed by atoms with van der Waals surface area (Å²) in [7, 11) is 1.77. The minimum atomic E-state index is -2.79. The molecule has 0 saturated carbocycles. The molecule has 0 aliphatic rings. The third kappa shape index (κ3) is 3.33. The molecule has 2 aromatic rings. The molecule has 0 bridgehead atoms. The van der Waals surface area contributed by atoms with Gasteiger partial charge in [0.15, 0.2) is 0 Å². The summed E-state index contributed by atoms with van der Waals surface area (Å²) in [6.07, 6.45) is -1.00. The van der Waals surface area contributed by atoms with Gasteiger partial charge in [0.1, 0.15) is 0 Å². The fourth-order valence-electron chi connectivity index (χ4n) is 2.02. The lowest BCUT2D eigenvalue weighted by Gasteiger charge is -2.11. The number of halogens is 2. The molecule has 0 aliphatic heterocycles. The number of nitro groups is 1. The molecule has 1 aromatic carbocycles. The number of aryl methyl sites for hydroxylation is 2. The zero-order valence-electron chi connectivity index (χ0n) is 11.5. The summed E-state index contributed by atoms with van der Waals surface area (Å²) in [5.74, 6) is 0. The number of non-ortho nitro benzene ring substituents is 1. The molecule has 0 saturated heterocycles. The second-order valence-electron chi connectivity index (χ2n) is 4.60. The Labute approximate surface area is 119 Å². The van der Waals surface area contributed by atoms with Crippen LogP contribution in [0.15, 0.2) is 24.4 Å². The van der Waals surface area contributed by atoms with Crippen molar-refractivity contribution in [2.24, 2.45) is 7.05 Å². The fraction of sp³-hybridized carbons (Fsp3) is 0.308. The maximum atomic E-state index is 13.0. The van der Waals surface area contributed by atoms with Crippen LogP contribution in [0.5, 0.6) is 0 Å². The molecule has 112 valence electrons. The van der Waals surface area contributed by atoms with E-state index in [9.17, 15) is 18.9 Å².